The van der Waals surface area contributed by atoms with Crippen molar-refractivity contribution < 1.29 is 11.9 Å². The van der Waals surface area contributed by atoms with Gasteiger partial charge in [-0.15, -0.1) is 12.1 Å². The molecule has 0 aliphatic carbocycles. The monoisotopic (exact) mass is 415 g/mol. The van der Waals surface area contributed by atoms with Gasteiger partial charge in [-0.1, -0.05) is 6.07 Å². The fourth-order valence-electron chi connectivity index (χ4n) is 0.478. The Morgan fingerprint density at radius 1 is 0.917 bits per heavy atom. The van der Waals surface area contributed by atoms with E-state index in [1.54, 1.807) is 0 Å². The first-order valence-corrected chi connectivity index (χ1v) is 17.4. The SMILES string of the molecule is [CH2-]c1ccccc1.[Cl][W]([Cl])([Cl])[Cl]. The van der Waals surface area contributed by atoms with Gasteiger partial charge in [0, 0.05) is 0 Å². The van der Waals surface area contributed by atoms with E-state index in [1.165, 1.54) is 0 Å². The quantitative estimate of drug-likeness (QED) is 0.541. The Balaban J connectivity index is 0.000000217. The number of hydrogen-bond donors (Lipinski definition) is 0. The summed E-state index contributed by atoms with van der Waals surface area (Å²) in [7, 11) is 20.1. The average Bonchev–Trinajstić information content (AvgIpc) is 1.85. The van der Waals surface area contributed by atoms with E-state index < -0.39 is 11.9 Å². The van der Waals surface area contributed by atoms with Crippen molar-refractivity contribution in [1.29, 1.82) is 0 Å². The van der Waals surface area contributed by atoms with Crippen LogP contribution in [0.25, 0.3) is 0 Å². The number of benzene rings is 1. The molecule has 12 heavy (non-hydrogen) atoms. The van der Waals surface area contributed by atoms with Gasteiger partial charge in [0.2, 0.25) is 0 Å². The maximum absolute atomic E-state index is 5.03. The zero-order valence-corrected chi connectivity index (χ0v) is 12.0. The summed E-state index contributed by atoms with van der Waals surface area (Å²) in [5, 5.41) is 0. The molecule has 0 N–H and O–H groups in total. The molecule has 0 bridgehead atoms. The first-order chi connectivity index (χ1) is 5.39. The van der Waals surface area contributed by atoms with Gasteiger partial charge in [-0.25, -0.2) is 0 Å². The molecule has 0 nitrogen and oxygen atoms in total. The van der Waals surface area contributed by atoms with E-state index in [9.17, 15) is 0 Å². The van der Waals surface area contributed by atoms with Crippen molar-refractivity contribution in [2.24, 2.45) is 0 Å². The Morgan fingerprint density at radius 2 is 1.25 bits per heavy atom. The van der Waals surface area contributed by atoms with E-state index in [4.69, 9.17) is 37.7 Å². The molecule has 0 radical (unpaired) electrons. The van der Waals surface area contributed by atoms with Gasteiger partial charge in [-0.05, 0) is 0 Å². The first kappa shape index (κ1) is 12.9. The molecule has 0 unspecified atom stereocenters. The van der Waals surface area contributed by atoms with Crippen molar-refractivity contribution in [2.75, 3.05) is 0 Å². The van der Waals surface area contributed by atoms with Gasteiger partial charge in [0.1, 0.15) is 0 Å². The predicted molar refractivity (Wildman–Crippen MR) is 54.3 cm³/mol. The molecular formula is C7H7Cl4W-. The van der Waals surface area contributed by atoms with Crippen molar-refractivity contribution in [3.63, 3.8) is 0 Å². The van der Waals surface area contributed by atoms with Gasteiger partial charge >= 0.3 is 49.6 Å². The van der Waals surface area contributed by atoms with E-state index in [0.717, 1.165) is 5.56 Å². The third-order valence-electron chi connectivity index (χ3n) is 0.843. The van der Waals surface area contributed by atoms with Gasteiger partial charge in [-0.2, -0.15) is 24.6 Å². The first-order valence-electron chi connectivity index (χ1n) is 2.88. The number of rotatable bonds is 0. The van der Waals surface area contributed by atoms with Gasteiger partial charge in [0.15, 0.2) is 0 Å². The third kappa shape index (κ3) is 13.5. The van der Waals surface area contributed by atoms with Gasteiger partial charge in [0.05, 0.1) is 0 Å². The Labute approximate surface area is 91.7 Å². The molecule has 0 aromatic heterocycles. The second-order valence-electron chi connectivity index (χ2n) is 1.84. The molecule has 1 aromatic rings. The van der Waals surface area contributed by atoms with Crippen LogP contribution in [0.15, 0.2) is 30.3 Å². The summed E-state index contributed by atoms with van der Waals surface area (Å²) in [5.74, 6) is 0. The molecule has 5 heteroatoms. The van der Waals surface area contributed by atoms with Gasteiger partial charge < -0.3 is 0 Å². The second-order valence-corrected chi connectivity index (χ2v) is 27.3. The predicted octanol–water partition coefficient (Wildman–Crippen LogP) is 4.62. The van der Waals surface area contributed by atoms with Crippen LogP contribution in [0.5, 0.6) is 0 Å². The van der Waals surface area contributed by atoms with E-state index >= 15 is 0 Å². The standard InChI is InChI=1S/C7H7.4ClH.W/c1-7-5-3-2-4-6-7;;;;;/h2-6H,1H2;4*1H;/q-1;;;;;+4/p-4. The van der Waals surface area contributed by atoms with E-state index in [-0.39, 0.29) is 0 Å². The van der Waals surface area contributed by atoms with Crippen LogP contribution in [-0.2, 0) is 11.9 Å². The molecule has 0 heterocycles. The fraction of sp³-hybridized carbons (Fsp3) is 0. The van der Waals surface area contributed by atoms with Crippen LogP contribution in [0, 0.1) is 6.92 Å². The topological polar surface area (TPSA) is 0 Å². The van der Waals surface area contributed by atoms with Crippen LogP contribution in [0.2, 0.25) is 0 Å². The van der Waals surface area contributed by atoms with Crippen molar-refractivity contribution in [3.05, 3.63) is 42.8 Å². The molecule has 1 rings (SSSR count). The summed E-state index contributed by atoms with van der Waals surface area (Å²) in [4.78, 5) is 0. The summed E-state index contributed by atoms with van der Waals surface area (Å²) < 4.78 is 0. The van der Waals surface area contributed by atoms with Crippen molar-refractivity contribution >= 4 is 37.7 Å². The molecular weight excluding hydrogens is 410 g/mol. The second kappa shape index (κ2) is 6.40. The minimum absolute atomic E-state index is 1.07. The Morgan fingerprint density at radius 3 is 1.42 bits per heavy atom. The summed E-state index contributed by atoms with van der Waals surface area (Å²) >= 11 is -3.28. The summed E-state index contributed by atoms with van der Waals surface area (Å²) in [6, 6.07) is 9.87. The molecule has 0 saturated heterocycles. The Kier molecular flexibility index (Phi) is 6.90. The van der Waals surface area contributed by atoms with E-state index in [2.05, 4.69) is 6.92 Å². The third-order valence-corrected chi connectivity index (χ3v) is 0.843. The molecule has 0 aliphatic rings. The number of halogens is 4. The van der Waals surface area contributed by atoms with Crippen LogP contribution >= 0.6 is 37.7 Å². The Bertz CT molecular complexity index is 200. The summed E-state index contributed by atoms with van der Waals surface area (Å²) in [6.45, 7) is 3.72. The summed E-state index contributed by atoms with van der Waals surface area (Å²) in [6.07, 6.45) is 0. The van der Waals surface area contributed by atoms with Crippen LogP contribution in [0.3, 0.4) is 0 Å². The average molecular weight is 417 g/mol. The van der Waals surface area contributed by atoms with Crippen LogP contribution < -0.4 is 0 Å². The molecule has 0 saturated carbocycles. The maximum atomic E-state index is 5.03. The minimum atomic E-state index is -3.28. The normalized spacial score (nSPS) is 11.3. The van der Waals surface area contributed by atoms with Crippen LogP contribution in [0.1, 0.15) is 5.56 Å². The number of hydrogen-bond acceptors (Lipinski definition) is 0. The van der Waals surface area contributed by atoms with Crippen LogP contribution in [0.4, 0.5) is 0 Å². The molecule has 70 valence electrons. The van der Waals surface area contributed by atoms with Crippen LogP contribution in [-0.4, -0.2) is 0 Å². The summed E-state index contributed by atoms with van der Waals surface area (Å²) in [5.41, 5.74) is 1.07. The van der Waals surface area contributed by atoms with Crippen molar-refractivity contribution in [2.45, 2.75) is 0 Å². The molecule has 0 fully saturated rings. The van der Waals surface area contributed by atoms with Crippen molar-refractivity contribution in [3.8, 4) is 0 Å². The van der Waals surface area contributed by atoms with Crippen molar-refractivity contribution in [1.82, 2.24) is 0 Å². The van der Waals surface area contributed by atoms with E-state index in [0.29, 0.717) is 0 Å². The van der Waals surface area contributed by atoms with E-state index in [1.807, 2.05) is 30.3 Å². The molecule has 0 amide bonds. The molecule has 0 spiro atoms. The molecule has 0 atom stereocenters. The zero-order valence-electron chi connectivity index (χ0n) is 6.01. The van der Waals surface area contributed by atoms with Gasteiger partial charge in [-0.3, -0.25) is 0 Å². The Hall–Kier alpha value is 0.938. The van der Waals surface area contributed by atoms with Gasteiger partial charge in [0.25, 0.3) is 0 Å². The fourth-order valence-corrected chi connectivity index (χ4v) is 0.478. The molecule has 1 aromatic carbocycles. The zero-order chi connectivity index (χ0) is 9.61. The molecule has 0 aliphatic heterocycles.